The minimum Gasteiger partial charge on any atom is -0.479 e. The molecule has 0 aliphatic heterocycles. The third kappa shape index (κ3) is 9.27. The second-order valence-corrected chi connectivity index (χ2v) is 3.51. The van der Waals surface area contributed by atoms with Gasteiger partial charge < -0.3 is 21.7 Å². The van der Waals surface area contributed by atoms with Crippen LogP contribution in [0.1, 0.15) is 25.7 Å². The van der Waals surface area contributed by atoms with Gasteiger partial charge in [0.1, 0.15) is 0 Å². The van der Waals surface area contributed by atoms with E-state index in [0.29, 0.717) is 0 Å². The summed E-state index contributed by atoms with van der Waals surface area (Å²) in [6.07, 6.45) is 4.62. The molecule has 0 spiro atoms. The van der Waals surface area contributed by atoms with E-state index >= 15 is 0 Å². The maximum atomic E-state index is 9.32. The van der Waals surface area contributed by atoms with Crippen molar-refractivity contribution in [2.24, 2.45) is 11.5 Å². The van der Waals surface area contributed by atoms with E-state index in [2.05, 4.69) is 11.6 Å². The Labute approximate surface area is 108 Å². The third-order valence-electron chi connectivity index (χ3n) is 1.91. The first-order valence-corrected chi connectivity index (χ1v) is 4.80. The molecule has 1 aliphatic carbocycles. The largest absolute Gasteiger partial charge is 0.479 e. The molecular formula is C8H16ClN2O3Pt-. The average Bonchev–Trinajstić information content (AvgIpc) is 2.11. The van der Waals surface area contributed by atoms with Gasteiger partial charge >= 0.3 is 5.97 Å². The Hall–Kier alpha value is 0.328. The first kappa shape index (κ1) is 17.7. The Bertz CT molecular complexity index is 173. The van der Waals surface area contributed by atoms with Crippen LogP contribution in [0.3, 0.4) is 0 Å². The Morgan fingerprint density at radius 1 is 1.53 bits per heavy atom. The van der Waals surface area contributed by atoms with Gasteiger partial charge in [0.25, 0.3) is 0 Å². The SMILES string of the molecule is N[C-]1CCCC[C@H]1N.O=C(O)C(O)Cl.[Pt]. The molecule has 1 fully saturated rings. The van der Waals surface area contributed by atoms with Gasteiger partial charge in [0, 0.05) is 21.1 Å². The molecule has 5 nitrogen and oxygen atoms in total. The molecule has 1 unspecified atom stereocenters. The molecule has 7 heteroatoms. The molecule has 0 aromatic rings. The predicted molar refractivity (Wildman–Crippen MR) is 53.4 cm³/mol. The number of carbonyl (C=O) groups is 1. The maximum absolute atomic E-state index is 9.32. The predicted octanol–water partition coefficient (Wildman–Crippen LogP) is 0.00409. The van der Waals surface area contributed by atoms with E-state index in [1.165, 1.54) is 12.8 Å². The normalized spacial score (nSPS) is 23.1. The Balaban J connectivity index is 0. The molecule has 94 valence electrons. The van der Waals surface area contributed by atoms with Crippen LogP contribution >= 0.6 is 11.6 Å². The fraction of sp³-hybridized carbons (Fsp3) is 0.750. The number of carboxylic acid groups (broad SMARTS) is 1. The summed E-state index contributed by atoms with van der Waals surface area (Å²) >= 11 is 4.57. The summed E-state index contributed by atoms with van der Waals surface area (Å²) in [6, 6.07) is 1.19. The number of rotatable bonds is 1. The molecule has 2 atom stereocenters. The van der Waals surface area contributed by atoms with Gasteiger partial charge in [-0.25, -0.2) is 10.8 Å². The summed E-state index contributed by atoms with van der Waals surface area (Å²) in [5.41, 5.74) is 9.43. The number of halogens is 1. The van der Waals surface area contributed by atoms with Crippen molar-refractivity contribution in [2.75, 3.05) is 0 Å². The van der Waals surface area contributed by atoms with E-state index in [1.807, 2.05) is 0 Å². The van der Waals surface area contributed by atoms with Crippen molar-refractivity contribution in [1.82, 2.24) is 0 Å². The molecule has 0 saturated heterocycles. The van der Waals surface area contributed by atoms with Gasteiger partial charge in [0.2, 0.25) is 5.56 Å². The van der Waals surface area contributed by atoms with Gasteiger partial charge in [0.05, 0.1) is 0 Å². The van der Waals surface area contributed by atoms with Gasteiger partial charge in [-0.3, -0.25) is 0 Å². The molecular weight excluding hydrogens is 403 g/mol. The van der Waals surface area contributed by atoms with Crippen molar-refractivity contribution in [2.45, 2.75) is 37.3 Å². The molecule has 1 rings (SSSR count). The summed E-state index contributed by atoms with van der Waals surface area (Å²) in [4.78, 5) is 9.32. The quantitative estimate of drug-likeness (QED) is 0.354. The van der Waals surface area contributed by atoms with Crippen LogP contribution in [-0.4, -0.2) is 27.8 Å². The third-order valence-corrected chi connectivity index (χ3v) is 2.10. The van der Waals surface area contributed by atoms with Crippen LogP contribution in [0.2, 0.25) is 0 Å². The minimum atomic E-state index is -1.76. The summed E-state index contributed by atoms with van der Waals surface area (Å²) in [5, 5.41) is 15.4. The maximum Gasteiger partial charge on any atom is 0.348 e. The van der Waals surface area contributed by atoms with Crippen LogP contribution < -0.4 is 11.5 Å². The van der Waals surface area contributed by atoms with Crippen molar-refractivity contribution < 1.29 is 36.1 Å². The topological polar surface area (TPSA) is 110 Å². The molecule has 1 saturated carbocycles. The number of alkyl halides is 1. The number of aliphatic carboxylic acids is 1. The van der Waals surface area contributed by atoms with E-state index in [4.69, 9.17) is 21.7 Å². The van der Waals surface area contributed by atoms with Crippen molar-refractivity contribution in [3.05, 3.63) is 6.04 Å². The van der Waals surface area contributed by atoms with E-state index in [1.54, 1.807) is 0 Å². The minimum absolute atomic E-state index is 0. The second-order valence-electron chi connectivity index (χ2n) is 3.10. The van der Waals surface area contributed by atoms with Gasteiger partial charge in [-0.1, -0.05) is 30.9 Å². The zero-order chi connectivity index (χ0) is 11.1. The van der Waals surface area contributed by atoms with Gasteiger partial charge in [-0.05, 0) is 0 Å². The molecule has 6 N–H and O–H groups in total. The summed E-state index contributed by atoms with van der Waals surface area (Å²) < 4.78 is 0. The average molecular weight is 419 g/mol. The van der Waals surface area contributed by atoms with Gasteiger partial charge in [0.15, 0.2) is 0 Å². The molecule has 1 aliphatic rings. The fourth-order valence-corrected chi connectivity index (χ4v) is 1.06. The molecule has 15 heavy (non-hydrogen) atoms. The fourth-order valence-electron chi connectivity index (χ4n) is 1.06. The van der Waals surface area contributed by atoms with E-state index in [0.717, 1.165) is 18.9 Å². The summed E-state index contributed by atoms with van der Waals surface area (Å²) in [6.45, 7) is 0. The number of carboxylic acids is 1. The van der Waals surface area contributed by atoms with E-state index in [-0.39, 0.29) is 27.1 Å². The van der Waals surface area contributed by atoms with Crippen molar-refractivity contribution in [3.8, 4) is 0 Å². The Morgan fingerprint density at radius 2 is 2.00 bits per heavy atom. The van der Waals surface area contributed by atoms with Crippen LogP contribution in [-0.2, 0) is 25.9 Å². The van der Waals surface area contributed by atoms with Crippen molar-refractivity contribution in [1.29, 1.82) is 0 Å². The van der Waals surface area contributed by atoms with Gasteiger partial charge in [-0.15, -0.1) is 6.04 Å². The first-order chi connectivity index (χ1) is 6.45. The Kier molecular flexibility index (Phi) is 11.3. The molecule has 0 amide bonds. The van der Waals surface area contributed by atoms with E-state index in [9.17, 15) is 4.79 Å². The molecule has 0 aromatic heterocycles. The number of hydrogen-bond donors (Lipinski definition) is 4. The molecule has 0 heterocycles. The van der Waals surface area contributed by atoms with E-state index < -0.39 is 11.5 Å². The second kappa shape index (κ2) is 9.55. The summed E-state index contributed by atoms with van der Waals surface area (Å²) in [7, 11) is 0. The van der Waals surface area contributed by atoms with Crippen LogP contribution in [0.15, 0.2) is 0 Å². The smallest absolute Gasteiger partial charge is 0.348 e. The molecule has 0 radical (unpaired) electrons. The number of aliphatic hydroxyl groups excluding tert-OH is 1. The zero-order valence-electron chi connectivity index (χ0n) is 8.13. The van der Waals surface area contributed by atoms with Crippen molar-refractivity contribution in [3.63, 3.8) is 0 Å². The molecule has 0 bridgehead atoms. The van der Waals surface area contributed by atoms with Crippen LogP contribution in [0.4, 0.5) is 0 Å². The number of nitrogens with two attached hydrogens (primary N) is 2. The van der Waals surface area contributed by atoms with Crippen LogP contribution in [0.25, 0.3) is 0 Å². The number of hydrogen-bond acceptors (Lipinski definition) is 4. The number of aliphatic hydroxyl groups is 1. The Morgan fingerprint density at radius 3 is 2.20 bits per heavy atom. The molecule has 0 aromatic carbocycles. The zero-order valence-corrected chi connectivity index (χ0v) is 11.2. The van der Waals surface area contributed by atoms with Crippen molar-refractivity contribution >= 4 is 17.6 Å². The van der Waals surface area contributed by atoms with Crippen LogP contribution in [0, 0.1) is 6.04 Å². The first-order valence-electron chi connectivity index (χ1n) is 4.37. The van der Waals surface area contributed by atoms with Crippen LogP contribution in [0.5, 0.6) is 0 Å². The standard InChI is InChI=1S/C6H13N2.C2H3ClO3.Pt/c7-5-3-1-2-4-6(5)8;3-1(4)2(5)6;/h5H,1-4,7-8H2;1,4H,(H,5,6);/q-1;;/t5-;;/m1../s1. The monoisotopic (exact) mass is 418 g/mol. The van der Waals surface area contributed by atoms with Gasteiger partial charge in [-0.2, -0.15) is 6.42 Å². The summed E-state index contributed by atoms with van der Waals surface area (Å²) in [5.74, 6) is -1.42.